The topological polar surface area (TPSA) is 78.6 Å². The molecule has 0 radical (unpaired) electrons. The van der Waals surface area contributed by atoms with Crippen LogP contribution in [0.4, 0.5) is 4.39 Å². The fourth-order valence-corrected chi connectivity index (χ4v) is 2.86. The third kappa shape index (κ3) is 1.19. The van der Waals surface area contributed by atoms with Crippen molar-refractivity contribution in [3.63, 3.8) is 0 Å². The van der Waals surface area contributed by atoms with Crippen LogP contribution < -0.4 is 5.73 Å². The molecule has 0 aliphatic heterocycles. The maximum atomic E-state index is 13.7. The lowest BCUT2D eigenvalue weighted by Gasteiger charge is -2.26. The van der Waals surface area contributed by atoms with Crippen molar-refractivity contribution in [2.75, 3.05) is 14.2 Å². The predicted molar refractivity (Wildman–Crippen MR) is 50.9 cm³/mol. The Hall–Kier alpha value is -1.17. The van der Waals surface area contributed by atoms with Crippen molar-refractivity contribution in [3.05, 3.63) is 0 Å². The second kappa shape index (κ2) is 3.41. The molecule has 0 aromatic heterocycles. The Morgan fingerprint density at radius 1 is 1.38 bits per heavy atom. The Kier molecular flexibility index (Phi) is 2.41. The minimum Gasteiger partial charge on any atom is -0.469 e. The number of halogens is 1. The summed E-state index contributed by atoms with van der Waals surface area (Å²) in [5, 5.41) is 0. The van der Waals surface area contributed by atoms with Gasteiger partial charge in [0.25, 0.3) is 0 Å². The number of esters is 2. The number of hydrogen-bond donors (Lipinski definition) is 1. The van der Waals surface area contributed by atoms with Gasteiger partial charge in [-0.3, -0.25) is 4.79 Å². The van der Waals surface area contributed by atoms with Crippen LogP contribution in [-0.2, 0) is 19.1 Å². The van der Waals surface area contributed by atoms with Crippen molar-refractivity contribution in [1.82, 2.24) is 0 Å². The predicted octanol–water partition coefficient (Wildman–Crippen LogP) is -0.366. The quantitative estimate of drug-likeness (QED) is 0.656. The SMILES string of the molecule is COC(=O)[C@H]1[C@@H]2C[C@H](F)[C@@](N)(C(=O)OC)[C@@H]21. The van der Waals surface area contributed by atoms with Crippen LogP contribution >= 0.6 is 0 Å². The van der Waals surface area contributed by atoms with Gasteiger partial charge in [0.1, 0.15) is 11.7 Å². The molecule has 5 nitrogen and oxygen atoms in total. The van der Waals surface area contributed by atoms with Gasteiger partial charge in [-0.15, -0.1) is 0 Å². The lowest BCUT2D eigenvalue weighted by Crippen LogP contribution is -2.57. The van der Waals surface area contributed by atoms with Gasteiger partial charge in [0, 0.05) is 5.92 Å². The summed E-state index contributed by atoms with van der Waals surface area (Å²) >= 11 is 0. The molecule has 0 aromatic rings. The monoisotopic (exact) mass is 231 g/mol. The molecule has 0 saturated heterocycles. The summed E-state index contributed by atoms with van der Waals surface area (Å²) in [6, 6.07) is 0. The average molecular weight is 231 g/mol. The zero-order chi connectivity index (χ0) is 12.1. The molecular weight excluding hydrogens is 217 g/mol. The summed E-state index contributed by atoms with van der Waals surface area (Å²) in [6.07, 6.45) is -1.33. The molecule has 2 N–H and O–H groups in total. The molecule has 0 spiro atoms. The molecule has 2 fully saturated rings. The molecule has 0 unspecified atom stereocenters. The van der Waals surface area contributed by atoms with Gasteiger partial charge in [-0.1, -0.05) is 0 Å². The van der Waals surface area contributed by atoms with E-state index in [0.29, 0.717) is 0 Å². The molecule has 0 amide bonds. The number of methoxy groups -OCH3 is 2. The van der Waals surface area contributed by atoms with Crippen molar-refractivity contribution in [3.8, 4) is 0 Å². The van der Waals surface area contributed by atoms with Crippen molar-refractivity contribution in [2.45, 2.75) is 18.1 Å². The molecule has 2 aliphatic carbocycles. The van der Waals surface area contributed by atoms with Gasteiger partial charge in [-0.25, -0.2) is 9.18 Å². The molecule has 90 valence electrons. The molecule has 16 heavy (non-hydrogen) atoms. The number of alkyl halides is 1. The van der Waals surface area contributed by atoms with Crippen LogP contribution in [0.5, 0.6) is 0 Å². The summed E-state index contributed by atoms with van der Waals surface area (Å²) in [7, 11) is 2.42. The number of carbonyl (C=O) groups is 2. The first-order valence-corrected chi connectivity index (χ1v) is 5.07. The van der Waals surface area contributed by atoms with E-state index in [1.807, 2.05) is 0 Å². The fraction of sp³-hybridized carbons (Fsp3) is 0.800. The van der Waals surface area contributed by atoms with Gasteiger partial charge in [-0.05, 0) is 12.3 Å². The molecule has 2 aliphatic rings. The van der Waals surface area contributed by atoms with Gasteiger partial charge in [0.05, 0.1) is 20.1 Å². The smallest absolute Gasteiger partial charge is 0.329 e. The number of ether oxygens (including phenoxy) is 2. The van der Waals surface area contributed by atoms with Crippen LogP contribution in [0.2, 0.25) is 0 Å². The molecule has 0 bridgehead atoms. The maximum Gasteiger partial charge on any atom is 0.329 e. The fourth-order valence-electron chi connectivity index (χ4n) is 2.86. The standard InChI is InChI=1S/C10H14FNO4/c1-15-8(13)6-4-3-5(11)10(12,7(4)6)9(14)16-2/h4-7H,3,12H2,1-2H3/t4-,5-,6-,7-,10-/m0/s1. The lowest BCUT2D eigenvalue weighted by molar-refractivity contribution is -0.151. The third-order valence-electron chi connectivity index (χ3n) is 3.73. The number of fused-ring (bicyclic) bond motifs is 1. The van der Waals surface area contributed by atoms with Crippen LogP contribution in [-0.4, -0.2) is 37.9 Å². The number of hydrogen-bond acceptors (Lipinski definition) is 5. The maximum absolute atomic E-state index is 13.7. The Morgan fingerprint density at radius 3 is 2.50 bits per heavy atom. The molecule has 2 rings (SSSR count). The first-order valence-electron chi connectivity index (χ1n) is 5.07. The Balaban J connectivity index is 2.21. The van der Waals surface area contributed by atoms with Gasteiger partial charge >= 0.3 is 11.9 Å². The van der Waals surface area contributed by atoms with E-state index in [-0.39, 0.29) is 12.3 Å². The van der Waals surface area contributed by atoms with E-state index in [1.165, 1.54) is 7.11 Å². The Bertz CT molecular complexity index is 348. The third-order valence-corrected chi connectivity index (χ3v) is 3.73. The van der Waals surface area contributed by atoms with E-state index in [9.17, 15) is 14.0 Å². The largest absolute Gasteiger partial charge is 0.469 e. The highest BCUT2D eigenvalue weighted by Crippen LogP contribution is 2.62. The molecule has 0 heterocycles. The normalized spacial score (nSPS) is 44.8. The Labute approximate surface area is 92.1 Å². The summed E-state index contributed by atoms with van der Waals surface area (Å²) in [4.78, 5) is 22.8. The van der Waals surface area contributed by atoms with Crippen molar-refractivity contribution >= 4 is 11.9 Å². The summed E-state index contributed by atoms with van der Waals surface area (Å²) in [6.45, 7) is 0. The van der Waals surface area contributed by atoms with E-state index < -0.39 is 35.5 Å². The van der Waals surface area contributed by atoms with Crippen molar-refractivity contribution in [1.29, 1.82) is 0 Å². The van der Waals surface area contributed by atoms with E-state index in [0.717, 1.165) is 7.11 Å². The Morgan fingerprint density at radius 2 is 2.00 bits per heavy atom. The molecular formula is C10H14FNO4. The highest BCUT2D eigenvalue weighted by molar-refractivity contribution is 5.87. The number of rotatable bonds is 2. The summed E-state index contributed by atoms with van der Waals surface area (Å²) < 4.78 is 22.7. The van der Waals surface area contributed by atoms with Gasteiger partial charge in [0.2, 0.25) is 0 Å². The second-order valence-electron chi connectivity index (χ2n) is 4.37. The summed E-state index contributed by atoms with van der Waals surface area (Å²) in [5.41, 5.74) is 4.09. The van der Waals surface area contributed by atoms with E-state index in [4.69, 9.17) is 5.73 Å². The zero-order valence-electron chi connectivity index (χ0n) is 9.10. The van der Waals surface area contributed by atoms with Crippen LogP contribution in [0.15, 0.2) is 0 Å². The zero-order valence-corrected chi connectivity index (χ0v) is 9.10. The van der Waals surface area contributed by atoms with Crippen LogP contribution in [0, 0.1) is 17.8 Å². The number of nitrogens with two attached hydrogens (primary N) is 1. The molecule has 5 atom stereocenters. The lowest BCUT2D eigenvalue weighted by atomic mass is 9.90. The highest BCUT2D eigenvalue weighted by atomic mass is 19.1. The highest BCUT2D eigenvalue weighted by Gasteiger charge is 2.75. The van der Waals surface area contributed by atoms with Crippen molar-refractivity contribution in [2.24, 2.45) is 23.5 Å². The van der Waals surface area contributed by atoms with E-state index in [1.54, 1.807) is 0 Å². The van der Waals surface area contributed by atoms with Gasteiger partial charge in [0.15, 0.2) is 0 Å². The summed E-state index contributed by atoms with van der Waals surface area (Å²) in [5.74, 6) is -2.35. The first-order chi connectivity index (χ1) is 7.48. The van der Waals surface area contributed by atoms with Crippen molar-refractivity contribution < 1.29 is 23.5 Å². The minimum absolute atomic E-state index is 0.121. The van der Waals surface area contributed by atoms with Gasteiger partial charge < -0.3 is 15.2 Å². The first kappa shape index (κ1) is 11.3. The van der Waals surface area contributed by atoms with Crippen LogP contribution in [0.25, 0.3) is 0 Å². The van der Waals surface area contributed by atoms with Crippen LogP contribution in [0.3, 0.4) is 0 Å². The molecule has 2 saturated carbocycles. The van der Waals surface area contributed by atoms with Gasteiger partial charge in [-0.2, -0.15) is 0 Å². The second-order valence-corrected chi connectivity index (χ2v) is 4.37. The molecule has 6 heteroatoms. The van der Waals surface area contributed by atoms with Crippen LogP contribution in [0.1, 0.15) is 6.42 Å². The minimum atomic E-state index is -1.68. The average Bonchev–Trinajstić information content (AvgIpc) is 2.93. The molecule has 0 aromatic carbocycles. The van der Waals surface area contributed by atoms with E-state index >= 15 is 0 Å². The van der Waals surface area contributed by atoms with E-state index in [2.05, 4.69) is 9.47 Å². The number of carbonyl (C=O) groups excluding carboxylic acids is 2.